The molecule has 1 aromatic heterocycles. The Kier molecular flexibility index (Phi) is 5.95. The monoisotopic (exact) mass is 357 g/mol. The largest absolute Gasteiger partial charge is 0.493 e. The lowest BCUT2D eigenvalue weighted by Gasteiger charge is -2.09. The van der Waals surface area contributed by atoms with Crippen molar-refractivity contribution >= 4 is 17.7 Å². The van der Waals surface area contributed by atoms with Crippen LogP contribution in [0.4, 0.5) is 5.69 Å². The van der Waals surface area contributed by atoms with E-state index < -0.39 is 10.8 Å². The van der Waals surface area contributed by atoms with E-state index in [0.29, 0.717) is 5.76 Å². The standard InChI is InChI=1S/C17H15N3O6/c1-24-15-7-11(14(20(22)23)8-16(15)25-2)6-12(9-18)17(21)19-10-13-4-3-5-26-13/h3-8H,10H2,1-2H3,(H,19,21)/b12-6+. The van der Waals surface area contributed by atoms with E-state index in [0.717, 1.165) is 6.08 Å². The Labute approximate surface area is 148 Å². The number of ether oxygens (including phenoxy) is 2. The van der Waals surface area contributed by atoms with E-state index in [4.69, 9.17) is 13.9 Å². The maximum Gasteiger partial charge on any atom is 0.280 e. The van der Waals surface area contributed by atoms with Crippen molar-refractivity contribution in [2.75, 3.05) is 14.2 Å². The summed E-state index contributed by atoms with van der Waals surface area (Å²) in [6.07, 6.45) is 2.58. The number of methoxy groups -OCH3 is 2. The van der Waals surface area contributed by atoms with Crippen LogP contribution in [0.25, 0.3) is 6.08 Å². The van der Waals surface area contributed by atoms with Crippen LogP contribution in [0.3, 0.4) is 0 Å². The Morgan fingerprint density at radius 1 is 1.38 bits per heavy atom. The molecule has 1 N–H and O–H groups in total. The van der Waals surface area contributed by atoms with Crippen molar-refractivity contribution in [3.05, 3.63) is 57.5 Å². The van der Waals surface area contributed by atoms with Gasteiger partial charge in [-0.05, 0) is 24.3 Å². The molecule has 1 aromatic carbocycles. The highest BCUT2D eigenvalue weighted by Gasteiger charge is 2.20. The summed E-state index contributed by atoms with van der Waals surface area (Å²) < 4.78 is 15.2. The second kappa shape index (κ2) is 8.34. The highest BCUT2D eigenvalue weighted by molar-refractivity contribution is 6.02. The van der Waals surface area contributed by atoms with Gasteiger partial charge in [0.25, 0.3) is 11.6 Å². The number of nitrogens with one attached hydrogen (secondary N) is 1. The van der Waals surface area contributed by atoms with Gasteiger partial charge >= 0.3 is 0 Å². The minimum Gasteiger partial charge on any atom is -0.493 e. The summed E-state index contributed by atoms with van der Waals surface area (Å²) in [6.45, 7) is 0.0822. The molecule has 0 atom stereocenters. The zero-order valence-corrected chi connectivity index (χ0v) is 14.0. The van der Waals surface area contributed by atoms with E-state index in [2.05, 4.69) is 5.32 Å². The van der Waals surface area contributed by atoms with Crippen molar-refractivity contribution < 1.29 is 23.6 Å². The number of benzene rings is 1. The fraction of sp³-hybridized carbons (Fsp3) is 0.176. The second-order valence-corrected chi connectivity index (χ2v) is 4.95. The highest BCUT2D eigenvalue weighted by Crippen LogP contribution is 2.35. The van der Waals surface area contributed by atoms with Crippen molar-refractivity contribution in [2.45, 2.75) is 6.54 Å². The third-order valence-electron chi connectivity index (χ3n) is 3.40. The molecular formula is C17H15N3O6. The number of nitrogens with zero attached hydrogens (tertiary/aromatic N) is 2. The molecule has 0 unspecified atom stereocenters. The molecular weight excluding hydrogens is 342 g/mol. The number of rotatable bonds is 7. The summed E-state index contributed by atoms with van der Waals surface area (Å²) in [5.74, 6) is 0.218. The molecule has 1 amide bonds. The normalized spacial score (nSPS) is 10.7. The van der Waals surface area contributed by atoms with Gasteiger partial charge in [-0.2, -0.15) is 5.26 Å². The van der Waals surface area contributed by atoms with Crippen LogP contribution in [0.5, 0.6) is 11.5 Å². The smallest absolute Gasteiger partial charge is 0.280 e. The zero-order valence-electron chi connectivity index (χ0n) is 14.0. The van der Waals surface area contributed by atoms with Crippen molar-refractivity contribution in [2.24, 2.45) is 0 Å². The molecule has 26 heavy (non-hydrogen) atoms. The fourth-order valence-electron chi connectivity index (χ4n) is 2.14. The van der Waals surface area contributed by atoms with E-state index in [-0.39, 0.29) is 34.9 Å². The third-order valence-corrected chi connectivity index (χ3v) is 3.40. The molecule has 2 rings (SSSR count). The number of nitro benzene ring substituents is 1. The Balaban J connectivity index is 2.36. The average Bonchev–Trinajstić information content (AvgIpc) is 3.16. The second-order valence-electron chi connectivity index (χ2n) is 4.95. The predicted octanol–water partition coefficient (Wildman–Crippen LogP) is 2.43. The Morgan fingerprint density at radius 3 is 2.62 bits per heavy atom. The van der Waals surface area contributed by atoms with E-state index in [1.165, 1.54) is 32.6 Å². The topological polar surface area (TPSA) is 128 Å². The maximum atomic E-state index is 12.2. The lowest BCUT2D eigenvalue weighted by atomic mass is 10.1. The molecule has 0 aliphatic carbocycles. The summed E-state index contributed by atoms with van der Waals surface area (Å²) >= 11 is 0. The first kappa shape index (κ1) is 18.5. The first-order valence-corrected chi connectivity index (χ1v) is 7.33. The van der Waals surface area contributed by atoms with Crippen LogP contribution in [0.1, 0.15) is 11.3 Å². The number of nitriles is 1. The van der Waals surface area contributed by atoms with Crippen LogP contribution in [0.2, 0.25) is 0 Å². The van der Waals surface area contributed by atoms with Crippen molar-refractivity contribution in [1.29, 1.82) is 5.26 Å². The Morgan fingerprint density at radius 2 is 2.08 bits per heavy atom. The quantitative estimate of drug-likeness (QED) is 0.349. The van der Waals surface area contributed by atoms with Gasteiger partial charge in [-0.3, -0.25) is 14.9 Å². The number of carbonyl (C=O) groups is 1. The van der Waals surface area contributed by atoms with Gasteiger partial charge in [-0.25, -0.2) is 0 Å². The third kappa shape index (κ3) is 4.18. The summed E-state index contributed by atoms with van der Waals surface area (Å²) in [7, 11) is 2.72. The van der Waals surface area contributed by atoms with Crippen LogP contribution >= 0.6 is 0 Å². The van der Waals surface area contributed by atoms with Gasteiger partial charge < -0.3 is 19.2 Å². The molecule has 134 valence electrons. The van der Waals surface area contributed by atoms with Gasteiger partial charge in [0.2, 0.25) is 0 Å². The van der Waals surface area contributed by atoms with Gasteiger partial charge in [0.1, 0.15) is 17.4 Å². The summed E-state index contributed by atoms with van der Waals surface area (Å²) in [6, 6.07) is 7.56. The summed E-state index contributed by atoms with van der Waals surface area (Å²) in [5.41, 5.74) is -0.585. The molecule has 9 heteroatoms. The molecule has 0 saturated carbocycles. The van der Waals surface area contributed by atoms with Crippen LogP contribution in [-0.2, 0) is 11.3 Å². The molecule has 0 saturated heterocycles. The molecule has 0 aliphatic heterocycles. The predicted molar refractivity (Wildman–Crippen MR) is 90.3 cm³/mol. The SMILES string of the molecule is COc1cc(/C=C(\C#N)C(=O)NCc2ccco2)c([N+](=O)[O-])cc1OC. The molecule has 0 aliphatic rings. The highest BCUT2D eigenvalue weighted by atomic mass is 16.6. The lowest BCUT2D eigenvalue weighted by Crippen LogP contribution is -2.23. The molecule has 1 heterocycles. The fourth-order valence-corrected chi connectivity index (χ4v) is 2.14. The van der Waals surface area contributed by atoms with Crippen molar-refractivity contribution in [3.8, 4) is 17.6 Å². The Bertz CT molecular complexity index is 881. The van der Waals surface area contributed by atoms with Crippen molar-refractivity contribution in [1.82, 2.24) is 5.32 Å². The lowest BCUT2D eigenvalue weighted by molar-refractivity contribution is -0.385. The average molecular weight is 357 g/mol. The van der Waals surface area contributed by atoms with E-state index >= 15 is 0 Å². The number of hydrogen-bond acceptors (Lipinski definition) is 7. The first-order valence-electron chi connectivity index (χ1n) is 7.33. The van der Waals surface area contributed by atoms with Crippen molar-refractivity contribution in [3.63, 3.8) is 0 Å². The molecule has 2 aromatic rings. The number of hydrogen-bond donors (Lipinski definition) is 1. The molecule has 0 fully saturated rings. The van der Waals surface area contributed by atoms with E-state index in [1.54, 1.807) is 18.2 Å². The van der Waals surface area contributed by atoms with Gasteiger partial charge in [-0.15, -0.1) is 0 Å². The van der Waals surface area contributed by atoms with Crippen LogP contribution in [0, 0.1) is 21.4 Å². The molecule has 9 nitrogen and oxygen atoms in total. The Hall–Kier alpha value is -3.80. The van der Waals surface area contributed by atoms with Crippen LogP contribution < -0.4 is 14.8 Å². The zero-order chi connectivity index (χ0) is 19.1. The minimum absolute atomic E-state index is 0.0392. The molecule has 0 radical (unpaired) electrons. The molecule has 0 spiro atoms. The van der Waals surface area contributed by atoms with E-state index in [1.807, 2.05) is 0 Å². The summed E-state index contributed by atoms with van der Waals surface area (Å²) in [5, 5.41) is 23.0. The number of nitro groups is 1. The first-order chi connectivity index (χ1) is 12.5. The van der Waals surface area contributed by atoms with E-state index in [9.17, 15) is 20.2 Å². The van der Waals surface area contributed by atoms with Gasteiger partial charge in [0, 0.05) is 0 Å². The summed E-state index contributed by atoms with van der Waals surface area (Å²) in [4.78, 5) is 22.8. The maximum absolute atomic E-state index is 12.2. The van der Waals surface area contributed by atoms with Gasteiger partial charge in [-0.1, -0.05) is 0 Å². The number of carbonyl (C=O) groups excluding carboxylic acids is 1. The van der Waals surface area contributed by atoms with Crippen LogP contribution in [-0.4, -0.2) is 25.1 Å². The number of amides is 1. The van der Waals surface area contributed by atoms with Gasteiger partial charge in [0.15, 0.2) is 11.5 Å². The molecule has 0 bridgehead atoms. The van der Waals surface area contributed by atoms with Gasteiger partial charge in [0.05, 0.1) is 43.6 Å². The number of furan rings is 1. The minimum atomic E-state index is -0.687. The van der Waals surface area contributed by atoms with Crippen LogP contribution in [0.15, 0.2) is 40.5 Å².